The van der Waals surface area contributed by atoms with Crippen molar-refractivity contribution >= 4 is 44.9 Å². The molecule has 2 aromatic carbocycles. The van der Waals surface area contributed by atoms with Crippen molar-refractivity contribution in [2.24, 2.45) is 0 Å². The lowest BCUT2D eigenvalue weighted by atomic mass is 10.0. The number of amides is 1. The number of anilines is 2. The number of benzene rings is 2. The van der Waals surface area contributed by atoms with Crippen molar-refractivity contribution in [3.05, 3.63) is 58.7 Å². The largest absolute Gasteiger partial charge is 0.310 e. The number of fused-ring (bicyclic) bond motifs is 1. The Morgan fingerprint density at radius 2 is 1.84 bits per heavy atom. The van der Waals surface area contributed by atoms with E-state index in [4.69, 9.17) is 11.6 Å². The molecule has 0 radical (unpaired) electrons. The van der Waals surface area contributed by atoms with Gasteiger partial charge >= 0.3 is 0 Å². The third kappa shape index (κ3) is 4.13. The highest BCUT2D eigenvalue weighted by Crippen LogP contribution is 2.36. The fourth-order valence-electron chi connectivity index (χ4n) is 3.60. The smallest absolute Gasteiger partial charge is 0.262 e. The number of aryl methyl sites for hydroxylation is 2. The topological polar surface area (TPSA) is 110 Å². The van der Waals surface area contributed by atoms with Crippen LogP contribution in [0.4, 0.5) is 11.5 Å². The van der Waals surface area contributed by atoms with Crippen LogP contribution in [-0.4, -0.2) is 30.0 Å². The molecule has 0 atom stereocenters. The summed E-state index contributed by atoms with van der Waals surface area (Å²) in [7, 11) is -3.91. The van der Waals surface area contributed by atoms with Crippen molar-refractivity contribution in [2.75, 3.05) is 10.0 Å². The van der Waals surface area contributed by atoms with Gasteiger partial charge in [-0.2, -0.15) is 9.78 Å². The van der Waals surface area contributed by atoms with Gasteiger partial charge in [0.2, 0.25) is 11.8 Å². The second kappa shape index (κ2) is 8.40. The molecular formula is C22H21ClN4O4S. The molecule has 4 rings (SSSR count). The zero-order valence-corrected chi connectivity index (χ0v) is 19.0. The molecule has 2 heterocycles. The third-order valence-corrected chi connectivity index (χ3v) is 6.99. The molecule has 0 saturated heterocycles. The first-order chi connectivity index (χ1) is 15.2. The predicted octanol–water partition coefficient (Wildman–Crippen LogP) is 4.25. The highest BCUT2D eigenvalue weighted by atomic mass is 35.5. The number of hydrogen-bond donors (Lipinski definition) is 2. The fraction of sp³-hybridized carbons (Fsp3) is 0.227. The van der Waals surface area contributed by atoms with E-state index in [1.165, 1.54) is 10.7 Å². The van der Waals surface area contributed by atoms with Crippen molar-refractivity contribution in [3.63, 3.8) is 0 Å². The minimum atomic E-state index is -3.91. The Balaban J connectivity index is 1.82. The number of halogens is 1. The van der Waals surface area contributed by atoms with E-state index in [2.05, 4.69) is 15.1 Å². The van der Waals surface area contributed by atoms with E-state index in [9.17, 15) is 18.0 Å². The van der Waals surface area contributed by atoms with Gasteiger partial charge in [-0.25, -0.2) is 8.42 Å². The van der Waals surface area contributed by atoms with Crippen LogP contribution in [-0.2, 0) is 21.2 Å². The Morgan fingerprint density at radius 3 is 2.53 bits per heavy atom. The molecule has 0 fully saturated rings. The maximum absolute atomic E-state index is 13.1. The fourth-order valence-corrected chi connectivity index (χ4v) is 5.06. The van der Waals surface area contributed by atoms with Gasteiger partial charge in [-0.15, -0.1) is 0 Å². The van der Waals surface area contributed by atoms with Crippen molar-refractivity contribution in [1.29, 1.82) is 0 Å². The molecule has 0 saturated carbocycles. The molecule has 3 aromatic rings. The Hall–Kier alpha value is -3.17. The van der Waals surface area contributed by atoms with E-state index < -0.39 is 10.0 Å². The van der Waals surface area contributed by atoms with Gasteiger partial charge in [-0.1, -0.05) is 30.7 Å². The van der Waals surface area contributed by atoms with Gasteiger partial charge in [-0.05, 0) is 54.8 Å². The van der Waals surface area contributed by atoms with Crippen molar-refractivity contribution in [3.8, 4) is 11.1 Å². The summed E-state index contributed by atoms with van der Waals surface area (Å²) in [6.45, 7) is 3.58. The molecule has 1 amide bonds. The molecule has 32 heavy (non-hydrogen) atoms. The monoisotopic (exact) mass is 472 g/mol. The van der Waals surface area contributed by atoms with Crippen molar-refractivity contribution in [1.82, 2.24) is 9.78 Å². The molecule has 0 spiro atoms. The lowest BCUT2D eigenvalue weighted by Crippen LogP contribution is -2.14. The SMILES string of the molecule is CCc1nn2c(c1-c1ccc(C)c(S(=O)(=O)Nc3ccc(Cl)cc3)c1)NC(=O)CCC2=O. The zero-order chi connectivity index (χ0) is 23.0. The van der Waals surface area contributed by atoms with Gasteiger partial charge in [0.25, 0.3) is 10.0 Å². The standard InChI is InChI=1S/C22H21ClN4O4S/c1-3-17-21(22-24-19(28)10-11-20(29)27(22)25-17)14-5-4-13(2)18(12-14)32(30,31)26-16-8-6-15(23)7-9-16/h4-9,12,26H,3,10-11H2,1-2H3,(H,24,28). The van der Waals surface area contributed by atoms with Crippen LogP contribution in [0.25, 0.3) is 11.1 Å². The first kappa shape index (κ1) is 22.0. The van der Waals surface area contributed by atoms with Crippen LogP contribution in [0.2, 0.25) is 5.02 Å². The van der Waals surface area contributed by atoms with Gasteiger partial charge < -0.3 is 5.32 Å². The summed E-state index contributed by atoms with van der Waals surface area (Å²) in [5.41, 5.74) is 2.60. The quantitative estimate of drug-likeness (QED) is 0.576. The Labute approximate surface area is 190 Å². The first-order valence-corrected chi connectivity index (χ1v) is 11.9. The van der Waals surface area contributed by atoms with E-state index in [0.29, 0.717) is 39.5 Å². The summed E-state index contributed by atoms with van der Waals surface area (Å²) >= 11 is 5.88. The summed E-state index contributed by atoms with van der Waals surface area (Å²) in [5.74, 6) is -0.305. The van der Waals surface area contributed by atoms with Crippen molar-refractivity contribution in [2.45, 2.75) is 38.0 Å². The summed E-state index contributed by atoms with van der Waals surface area (Å²) in [5, 5.41) is 7.64. The van der Waals surface area contributed by atoms with Gasteiger partial charge in [0, 0.05) is 29.1 Å². The van der Waals surface area contributed by atoms with Crippen LogP contribution in [0.5, 0.6) is 0 Å². The van der Waals surface area contributed by atoms with Crippen LogP contribution >= 0.6 is 11.6 Å². The number of nitrogens with one attached hydrogen (secondary N) is 2. The molecule has 1 aromatic heterocycles. The average molecular weight is 473 g/mol. The summed E-state index contributed by atoms with van der Waals surface area (Å²) in [4.78, 5) is 24.7. The lowest BCUT2D eigenvalue weighted by Gasteiger charge is -2.13. The van der Waals surface area contributed by atoms with E-state index in [1.54, 1.807) is 43.3 Å². The number of rotatable bonds is 5. The maximum atomic E-state index is 13.1. The van der Waals surface area contributed by atoms with Crippen LogP contribution < -0.4 is 10.0 Å². The Morgan fingerprint density at radius 1 is 1.12 bits per heavy atom. The van der Waals surface area contributed by atoms with Gasteiger partial charge in [0.15, 0.2) is 0 Å². The molecule has 0 bridgehead atoms. The van der Waals surface area contributed by atoms with Crippen LogP contribution in [0, 0.1) is 6.92 Å². The molecule has 8 nitrogen and oxygen atoms in total. The predicted molar refractivity (Wildman–Crippen MR) is 123 cm³/mol. The number of aromatic nitrogens is 2. The normalized spacial score (nSPS) is 14.0. The second-order valence-electron chi connectivity index (χ2n) is 7.47. The minimum absolute atomic E-state index is 0.0572. The van der Waals surface area contributed by atoms with Gasteiger partial charge in [0.05, 0.1) is 10.6 Å². The maximum Gasteiger partial charge on any atom is 0.262 e. The van der Waals surface area contributed by atoms with Gasteiger partial charge in [-0.3, -0.25) is 14.3 Å². The zero-order valence-electron chi connectivity index (χ0n) is 17.5. The number of carbonyl (C=O) groups excluding carboxylic acids is 2. The highest BCUT2D eigenvalue weighted by Gasteiger charge is 2.28. The van der Waals surface area contributed by atoms with E-state index in [1.807, 2.05) is 6.92 Å². The highest BCUT2D eigenvalue weighted by molar-refractivity contribution is 7.92. The summed E-state index contributed by atoms with van der Waals surface area (Å²) < 4.78 is 30.1. The molecule has 2 N–H and O–H groups in total. The van der Waals surface area contributed by atoms with E-state index in [-0.39, 0.29) is 35.4 Å². The average Bonchev–Trinajstić information content (AvgIpc) is 3.05. The molecule has 0 unspecified atom stereocenters. The molecule has 1 aliphatic heterocycles. The second-order valence-corrected chi connectivity index (χ2v) is 9.56. The van der Waals surface area contributed by atoms with Crippen LogP contribution in [0.15, 0.2) is 47.4 Å². The van der Waals surface area contributed by atoms with Crippen LogP contribution in [0.1, 0.15) is 35.8 Å². The molecule has 0 aliphatic carbocycles. The Kier molecular flexibility index (Phi) is 5.79. The number of sulfonamides is 1. The summed E-state index contributed by atoms with van der Waals surface area (Å²) in [6, 6.07) is 11.3. The molecule has 10 heteroatoms. The number of hydrogen-bond acceptors (Lipinski definition) is 5. The number of carbonyl (C=O) groups is 2. The Bertz CT molecular complexity index is 1330. The number of nitrogens with zero attached hydrogens (tertiary/aromatic N) is 2. The van der Waals surface area contributed by atoms with E-state index in [0.717, 1.165) is 0 Å². The lowest BCUT2D eigenvalue weighted by molar-refractivity contribution is -0.116. The van der Waals surface area contributed by atoms with Crippen molar-refractivity contribution < 1.29 is 18.0 Å². The molecular weight excluding hydrogens is 452 g/mol. The van der Waals surface area contributed by atoms with Crippen LogP contribution in [0.3, 0.4) is 0 Å². The molecule has 1 aliphatic rings. The first-order valence-electron chi connectivity index (χ1n) is 10.0. The molecule has 166 valence electrons. The third-order valence-electron chi connectivity index (χ3n) is 5.22. The van der Waals surface area contributed by atoms with E-state index >= 15 is 0 Å². The summed E-state index contributed by atoms with van der Waals surface area (Å²) in [6.07, 6.45) is 0.626. The van der Waals surface area contributed by atoms with Gasteiger partial charge in [0.1, 0.15) is 5.82 Å². The minimum Gasteiger partial charge on any atom is -0.310 e.